The van der Waals surface area contributed by atoms with Crippen LogP contribution < -0.4 is 5.32 Å². The highest BCUT2D eigenvalue weighted by atomic mass is 16.4. The summed E-state index contributed by atoms with van der Waals surface area (Å²) in [4.78, 5) is 29.0. The number of hydrogen-bond acceptors (Lipinski definition) is 4. The first-order chi connectivity index (χ1) is 10.0. The summed E-state index contributed by atoms with van der Waals surface area (Å²) in [6.07, 6.45) is 4.01. The molecule has 0 radical (unpaired) electrons. The second-order valence-electron chi connectivity index (χ2n) is 5.33. The number of nitrogens with one attached hydrogen (secondary N) is 1. The van der Waals surface area contributed by atoms with Crippen molar-refractivity contribution in [3.63, 3.8) is 0 Å². The Morgan fingerprint density at radius 3 is 2.95 bits per heavy atom. The third-order valence-electron chi connectivity index (χ3n) is 3.79. The molecule has 1 aromatic rings. The Morgan fingerprint density at radius 2 is 2.33 bits per heavy atom. The third kappa shape index (κ3) is 3.53. The normalized spacial score (nSPS) is 22.1. The first-order valence-electron chi connectivity index (χ1n) is 7.23. The van der Waals surface area contributed by atoms with Crippen molar-refractivity contribution in [1.29, 1.82) is 0 Å². The number of carbonyl (C=O) groups is 2. The molecular weight excluding hydrogens is 274 g/mol. The van der Waals surface area contributed by atoms with Gasteiger partial charge in [-0.05, 0) is 18.8 Å². The molecule has 0 bridgehead atoms. The quantitative estimate of drug-likeness (QED) is 0.880. The minimum absolute atomic E-state index is 0.0459. The molecule has 1 saturated heterocycles. The molecule has 0 saturated carbocycles. The summed E-state index contributed by atoms with van der Waals surface area (Å²) >= 11 is 0. The molecule has 21 heavy (non-hydrogen) atoms. The van der Waals surface area contributed by atoms with Crippen LogP contribution in [0.5, 0.6) is 0 Å². The van der Waals surface area contributed by atoms with Crippen LogP contribution >= 0.6 is 0 Å². The van der Waals surface area contributed by atoms with Gasteiger partial charge in [-0.3, -0.25) is 0 Å². The van der Waals surface area contributed by atoms with E-state index < -0.39 is 12.0 Å². The predicted molar refractivity (Wildman–Crippen MR) is 74.6 cm³/mol. The average Bonchev–Trinajstić information content (AvgIpc) is 2.92. The van der Waals surface area contributed by atoms with Crippen LogP contribution in [0.3, 0.4) is 0 Å². The molecule has 2 heterocycles. The summed E-state index contributed by atoms with van der Waals surface area (Å²) in [6.45, 7) is 4.43. The fourth-order valence-electron chi connectivity index (χ4n) is 2.64. The smallest absolute Gasteiger partial charge is 0.326 e. The second-order valence-corrected chi connectivity index (χ2v) is 5.33. The van der Waals surface area contributed by atoms with Gasteiger partial charge in [-0.1, -0.05) is 13.8 Å². The third-order valence-corrected chi connectivity index (χ3v) is 3.79. The number of amides is 2. The molecule has 0 aliphatic carbocycles. The van der Waals surface area contributed by atoms with Crippen molar-refractivity contribution in [3.05, 3.63) is 17.8 Å². The Hall–Kier alpha value is -2.05. The van der Waals surface area contributed by atoms with Gasteiger partial charge in [0.2, 0.25) is 5.89 Å². The minimum atomic E-state index is -0.957. The summed E-state index contributed by atoms with van der Waals surface area (Å²) in [6, 6.07) is -1.15. The zero-order chi connectivity index (χ0) is 15.4. The van der Waals surface area contributed by atoms with Gasteiger partial charge in [0, 0.05) is 13.0 Å². The lowest BCUT2D eigenvalue weighted by molar-refractivity contribution is -0.145. The first-order valence-corrected chi connectivity index (χ1v) is 7.23. The highest BCUT2D eigenvalue weighted by Gasteiger charge is 2.37. The molecule has 1 aliphatic rings. The Bertz CT molecular complexity index is 514. The van der Waals surface area contributed by atoms with E-state index in [-0.39, 0.29) is 18.5 Å². The van der Waals surface area contributed by atoms with Crippen molar-refractivity contribution < 1.29 is 19.1 Å². The van der Waals surface area contributed by atoms with Gasteiger partial charge < -0.3 is 19.7 Å². The lowest BCUT2D eigenvalue weighted by atomic mass is 9.91. The molecule has 2 amide bonds. The van der Waals surface area contributed by atoms with Crippen molar-refractivity contribution in [2.75, 3.05) is 6.54 Å². The lowest BCUT2D eigenvalue weighted by Crippen LogP contribution is -2.54. The number of urea groups is 1. The maximum atomic E-state index is 12.2. The number of aryl methyl sites for hydroxylation is 1. The van der Waals surface area contributed by atoms with Crippen LogP contribution in [0.15, 0.2) is 10.6 Å². The number of carboxylic acids is 1. The number of carboxylic acid groups (broad SMARTS) is 1. The molecule has 1 fully saturated rings. The summed E-state index contributed by atoms with van der Waals surface area (Å²) in [5.41, 5.74) is 0. The molecule has 2 unspecified atom stereocenters. The molecule has 116 valence electrons. The van der Waals surface area contributed by atoms with Gasteiger partial charge in [-0.2, -0.15) is 0 Å². The van der Waals surface area contributed by atoms with Crippen molar-refractivity contribution in [3.8, 4) is 0 Å². The van der Waals surface area contributed by atoms with Crippen molar-refractivity contribution in [1.82, 2.24) is 15.2 Å². The van der Waals surface area contributed by atoms with Gasteiger partial charge in [-0.15, -0.1) is 0 Å². The molecule has 1 aromatic heterocycles. The summed E-state index contributed by atoms with van der Waals surface area (Å²) in [5.74, 6) is 0.184. The van der Waals surface area contributed by atoms with Crippen LogP contribution in [0.4, 0.5) is 4.79 Å². The molecule has 7 nitrogen and oxygen atoms in total. The summed E-state index contributed by atoms with van der Waals surface area (Å²) in [7, 11) is 0. The van der Waals surface area contributed by atoms with E-state index in [0.717, 1.165) is 25.0 Å². The van der Waals surface area contributed by atoms with E-state index in [0.29, 0.717) is 12.4 Å². The summed E-state index contributed by atoms with van der Waals surface area (Å²) < 4.78 is 5.41. The molecular formula is C14H21N3O4. The number of hydrogen-bond donors (Lipinski definition) is 2. The number of likely N-dealkylation sites (tertiary alicyclic amines) is 1. The maximum absolute atomic E-state index is 12.2. The number of rotatable bonds is 4. The number of piperidine rings is 1. The van der Waals surface area contributed by atoms with Crippen LogP contribution in [0.2, 0.25) is 0 Å². The van der Waals surface area contributed by atoms with E-state index >= 15 is 0 Å². The Kier molecular flexibility index (Phi) is 4.82. The van der Waals surface area contributed by atoms with Gasteiger partial charge in [0.25, 0.3) is 0 Å². The van der Waals surface area contributed by atoms with Crippen molar-refractivity contribution >= 4 is 12.0 Å². The second kappa shape index (κ2) is 6.60. The van der Waals surface area contributed by atoms with Crippen LogP contribution in [0.1, 0.15) is 38.3 Å². The van der Waals surface area contributed by atoms with Crippen molar-refractivity contribution in [2.45, 2.75) is 45.7 Å². The van der Waals surface area contributed by atoms with E-state index in [1.165, 1.54) is 4.90 Å². The maximum Gasteiger partial charge on any atom is 0.326 e. The van der Waals surface area contributed by atoms with Gasteiger partial charge in [0.1, 0.15) is 11.8 Å². The molecule has 0 spiro atoms. The van der Waals surface area contributed by atoms with Crippen LogP contribution in [-0.4, -0.2) is 39.6 Å². The highest BCUT2D eigenvalue weighted by Crippen LogP contribution is 2.23. The monoisotopic (exact) mass is 295 g/mol. The fraction of sp³-hybridized carbons (Fsp3) is 0.643. The van der Waals surface area contributed by atoms with E-state index in [1.54, 1.807) is 6.20 Å². The SMILES string of the molecule is CCc1cnc(CNC(=O)N2CCCC(C)C2C(=O)O)o1. The number of aliphatic carboxylic acids is 1. The molecule has 0 aromatic carbocycles. The number of aromatic nitrogens is 1. The average molecular weight is 295 g/mol. The van der Waals surface area contributed by atoms with E-state index in [1.807, 2.05) is 13.8 Å². The number of nitrogens with zero attached hydrogens (tertiary/aromatic N) is 2. The largest absolute Gasteiger partial charge is 0.480 e. The molecule has 2 atom stereocenters. The van der Waals surface area contributed by atoms with Crippen LogP contribution in [0.25, 0.3) is 0 Å². The van der Waals surface area contributed by atoms with Crippen LogP contribution in [0, 0.1) is 5.92 Å². The number of carbonyl (C=O) groups excluding carboxylic acids is 1. The number of oxazole rings is 1. The standard InChI is InChI=1S/C14H21N3O4/c1-3-10-7-15-11(21-10)8-16-14(20)17-6-4-5-9(2)12(17)13(18)19/h7,9,12H,3-6,8H2,1-2H3,(H,16,20)(H,18,19). The van der Waals surface area contributed by atoms with E-state index in [9.17, 15) is 14.7 Å². The molecule has 7 heteroatoms. The highest BCUT2D eigenvalue weighted by molar-refractivity contribution is 5.83. The Labute approximate surface area is 123 Å². The topological polar surface area (TPSA) is 95.7 Å². The minimum Gasteiger partial charge on any atom is -0.480 e. The predicted octanol–water partition coefficient (Wildman–Crippen LogP) is 1.63. The fourth-order valence-corrected chi connectivity index (χ4v) is 2.64. The lowest BCUT2D eigenvalue weighted by Gasteiger charge is -2.37. The van der Waals surface area contributed by atoms with E-state index in [2.05, 4.69) is 10.3 Å². The first kappa shape index (κ1) is 15.3. The van der Waals surface area contributed by atoms with Gasteiger partial charge >= 0.3 is 12.0 Å². The van der Waals surface area contributed by atoms with Crippen molar-refractivity contribution in [2.24, 2.45) is 5.92 Å². The van der Waals surface area contributed by atoms with Gasteiger partial charge in [0.05, 0.1) is 12.7 Å². The molecule has 2 N–H and O–H groups in total. The Balaban J connectivity index is 1.96. The molecule has 1 aliphatic heterocycles. The van der Waals surface area contributed by atoms with Gasteiger partial charge in [0.15, 0.2) is 0 Å². The summed E-state index contributed by atoms with van der Waals surface area (Å²) in [5, 5.41) is 12.0. The zero-order valence-electron chi connectivity index (χ0n) is 12.3. The zero-order valence-corrected chi connectivity index (χ0v) is 12.3. The van der Waals surface area contributed by atoms with E-state index in [4.69, 9.17) is 4.42 Å². The Morgan fingerprint density at radius 1 is 1.57 bits per heavy atom. The molecule has 2 rings (SSSR count). The van der Waals surface area contributed by atoms with Crippen LogP contribution in [-0.2, 0) is 17.8 Å². The van der Waals surface area contributed by atoms with Gasteiger partial charge in [-0.25, -0.2) is 14.6 Å².